The fraction of sp³-hybridized carbons (Fsp3) is 0.286. The molecule has 1 amide bonds. The Hall–Kier alpha value is -1.82. The molecule has 0 spiro atoms. The van der Waals surface area contributed by atoms with Crippen LogP contribution in [0.4, 0.5) is 11.4 Å². The Balaban J connectivity index is 2.19. The number of pyridine rings is 1. The monoisotopic (exact) mass is 336 g/mol. The first-order valence-electron chi connectivity index (χ1n) is 6.27. The topological polar surface area (TPSA) is 71.2 Å². The summed E-state index contributed by atoms with van der Waals surface area (Å²) >= 11 is 3.39. The van der Waals surface area contributed by atoms with Crippen molar-refractivity contribution in [3.05, 3.63) is 28.9 Å². The Morgan fingerprint density at radius 2 is 2.20 bits per heavy atom. The number of amides is 1. The van der Waals surface area contributed by atoms with Crippen LogP contribution in [0, 0.1) is 0 Å². The van der Waals surface area contributed by atoms with Gasteiger partial charge in [-0.3, -0.25) is 9.78 Å². The number of halogens is 1. The van der Waals surface area contributed by atoms with Crippen LogP contribution < -0.4 is 11.1 Å². The van der Waals surface area contributed by atoms with Crippen LogP contribution >= 0.6 is 15.9 Å². The smallest absolute Gasteiger partial charge is 0.223 e. The first-order chi connectivity index (χ1) is 9.49. The van der Waals surface area contributed by atoms with Gasteiger partial charge in [-0.15, -0.1) is 0 Å². The van der Waals surface area contributed by atoms with Crippen molar-refractivity contribution in [1.82, 2.24) is 9.88 Å². The highest BCUT2D eigenvalue weighted by Gasteiger charge is 2.08. The molecule has 20 heavy (non-hydrogen) atoms. The largest absolute Gasteiger partial charge is 0.398 e. The molecule has 0 aliphatic rings. The minimum absolute atomic E-state index is 0.0907. The molecule has 0 saturated heterocycles. The summed E-state index contributed by atoms with van der Waals surface area (Å²) in [5.74, 6) is 0.0907. The normalized spacial score (nSPS) is 10.6. The van der Waals surface area contributed by atoms with Gasteiger partial charge in [0.25, 0.3) is 0 Å². The van der Waals surface area contributed by atoms with Crippen LogP contribution in [0.2, 0.25) is 0 Å². The molecular formula is C14H17BrN4O. The molecule has 0 unspecified atom stereocenters. The van der Waals surface area contributed by atoms with Crippen LogP contribution in [0.1, 0.15) is 6.42 Å². The number of benzene rings is 1. The quantitative estimate of drug-likeness (QED) is 0.841. The molecule has 1 heterocycles. The van der Waals surface area contributed by atoms with E-state index in [2.05, 4.69) is 26.2 Å². The Bertz CT molecular complexity index is 642. The fourth-order valence-corrected chi connectivity index (χ4v) is 2.22. The Kier molecular flexibility index (Phi) is 4.44. The van der Waals surface area contributed by atoms with E-state index in [9.17, 15) is 4.79 Å². The third-order valence-electron chi connectivity index (χ3n) is 3.00. The van der Waals surface area contributed by atoms with Crippen molar-refractivity contribution in [2.24, 2.45) is 0 Å². The van der Waals surface area contributed by atoms with Gasteiger partial charge in [-0.2, -0.15) is 0 Å². The van der Waals surface area contributed by atoms with E-state index in [0.717, 1.165) is 21.1 Å². The second-order valence-corrected chi connectivity index (χ2v) is 5.63. The number of anilines is 2. The molecule has 0 atom stereocenters. The predicted molar refractivity (Wildman–Crippen MR) is 85.7 cm³/mol. The number of aromatic nitrogens is 1. The lowest BCUT2D eigenvalue weighted by Gasteiger charge is -2.13. The molecule has 0 fully saturated rings. The van der Waals surface area contributed by atoms with Crippen LogP contribution in [0.25, 0.3) is 10.9 Å². The van der Waals surface area contributed by atoms with Gasteiger partial charge in [0.15, 0.2) is 0 Å². The van der Waals surface area contributed by atoms with E-state index in [1.165, 1.54) is 0 Å². The summed E-state index contributed by atoms with van der Waals surface area (Å²) in [4.78, 5) is 17.5. The van der Waals surface area contributed by atoms with E-state index < -0.39 is 0 Å². The van der Waals surface area contributed by atoms with Gasteiger partial charge in [-0.25, -0.2) is 0 Å². The van der Waals surface area contributed by atoms with E-state index in [-0.39, 0.29) is 5.91 Å². The number of carbonyl (C=O) groups excluding carboxylic acids is 1. The van der Waals surface area contributed by atoms with Crippen LogP contribution in [0.3, 0.4) is 0 Å². The summed E-state index contributed by atoms with van der Waals surface area (Å²) in [6, 6.07) is 5.67. The van der Waals surface area contributed by atoms with Crippen LogP contribution in [-0.4, -0.2) is 36.4 Å². The zero-order chi connectivity index (χ0) is 14.7. The minimum atomic E-state index is 0.0907. The van der Waals surface area contributed by atoms with Crippen molar-refractivity contribution < 1.29 is 4.79 Å². The summed E-state index contributed by atoms with van der Waals surface area (Å²) in [5.41, 5.74) is 8.34. The standard InChI is InChI=1S/C14H17BrN4O/c1-19(2)13(20)5-6-17-12-4-3-11(16)10-7-9(15)8-18-14(10)12/h3-4,7-8,17H,5-6,16H2,1-2H3. The zero-order valence-electron chi connectivity index (χ0n) is 11.5. The molecule has 0 radical (unpaired) electrons. The number of carbonyl (C=O) groups is 1. The average Bonchev–Trinajstić information content (AvgIpc) is 2.41. The molecule has 2 rings (SSSR count). The van der Waals surface area contributed by atoms with Crippen molar-refractivity contribution in [2.75, 3.05) is 31.7 Å². The lowest BCUT2D eigenvalue weighted by Crippen LogP contribution is -2.23. The summed E-state index contributed by atoms with van der Waals surface area (Å²) in [7, 11) is 3.50. The molecule has 0 aliphatic carbocycles. The molecule has 106 valence electrons. The number of nitrogen functional groups attached to an aromatic ring is 1. The maximum absolute atomic E-state index is 11.5. The van der Waals surface area contributed by atoms with E-state index in [0.29, 0.717) is 18.7 Å². The Morgan fingerprint density at radius 3 is 2.90 bits per heavy atom. The minimum Gasteiger partial charge on any atom is -0.398 e. The van der Waals surface area contributed by atoms with E-state index in [4.69, 9.17) is 5.73 Å². The number of nitrogens with two attached hydrogens (primary N) is 1. The van der Waals surface area contributed by atoms with Crippen LogP contribution in [0.15, 0.2) is 28.9 Å². The van der Waals surface area contributed by atoms with Gasteiger partial charge in [0.2, 0.25) is 5.91 Å². The zero-order valence-corrected chi connectivity index (χ0v) is 13.1. The van der Waals surface area contributed by atoms with Crippen molar-refractivity contribution >= 4 is 44.1 Å². The Labute approximate surface area is 126 Å². The van der Waals surface area contributed by atoms with E-state index in [1.54, 1.807) is 25.2 Å². The third-order valence-corrected chi connectivity index (χ3v) is 3.44. The number of hydrogen-bond acceptors (Lipinski definition) is 4. The average molecular weight is 337 g/mol. The molecule has 3 N–H and O–H groups in total. The number of nitrogens with zero attached hydrogens (tertiary/aromatic N) is 2. The van der Waals surface area contributed by atoms with Gasteiger partial charge < -0.3 is 16.0 Å². The number of fused-ring (bicyclic) bond motifs is 1. The molecule has 1 aromatic heterocycles. The summed E-state index contributed by atoms with van der Waals surface area (Å²) in [5, 5.41) is 4.13. The maximum atomic E-state index is 11.5. The summed E-state index contributed by atoms with van der Waals surface area (Å²) in [6.45, 7) is 0.563. The highest BCUT2D eigenvalue weighted by atomic mass is 79.9. The molecule has 5 nitrogen and oxygen atoms in total. The molecule has 1 aromatic carbocycles. The number of nitrogens with one attached hydrogen (secondary N) is 1. The lowest BCUT2D eigenvalue weighted by molar-refractivity contribution is -0.128. The molecule has 0 saturated carbocycles. The van der Waals surface area contributed by atoms with Gasteiger partial charge in [-0.05, 0) is 34.1 Å². The molecule has 0 bridgehead atoms. The van der Waals surface area contributed by atoms with Crippen LogP contribution in [0.5, 0.6) is 0 Å². The lowest BCUT2D eigenvalue weighted by atomic mass is 10.1. The molecule has 0 aliphatic heterocycles. The third kappa shape index (κ3) is 3.19. The first-order valence-corrected chi connectivity index (χ1v) is 7.06. The summed E-state index contributed by atoms with van der Waals surface area (Å²) in [6.07, 6.45) is 2.17. The molecule has 6 heteroatoms. The number of rotatable bonds is 4. The summed E-state index contributed by atoms with van der Waals surface area (Å²) < 4.78 is 0.886. The van der Waals surface area contributed by atoms with Crippen molar-refractivity contribution in [1.29, 1.82) is 0 Å². The van der Waals surface area contributed by atoms with Gasteiger partial charge in [0.05, 0.1) is 11.2 Å². The second kappa shape index (κ2) is 6.09. The molecule has 2 aromatic rings. The predicted octanol–water partition coefficient (Wildman–Crippen LogP) is 2.47. The highest BCUT2D eigenvalue weighted by molar-refractivity contribution is 9.10. The van der Waals surface area contributed by atoms with Crippen molar-refractivity contribution in [2.45, 2.75) is 6.42 Å². The maximum Gasteiger partial charge on any atom is 0.223 e. The second-order valence-electron chi connectivity index (χ2n) is 4.72. The van der Waals surface area contributed by atoms with E-state index in [1.807, 2.05) is 18.2 Å². The van der Waals surface area contributed by atoms with Crippen molar-refractivity contribution in [3.8, 4) is 0 Å². The SMILES string of the molecule is CN(C)C(=O)CCNc1ccc(N)c2cc(Br)cnc12. The molecular weight excluding hydrogens is 320 g/mol. The van der Waals surface area contributed by atoms with E-state index >= 15 is 0 Å². The first kappa shape index (κ1) is 14.6. The number of hydrogen-bond donors (Lipinski definition) is 2. The Morgan fingerprint density at radius 1 is 1.45 bits per heavy atom. The van der Waals surface area contributed by atoms with Gasteiger partial charge in [0.1, 0.15) is 0 Å². The fourth-order valence-electron chi connectivity index (χ4n) is 1.89. The van der Waals surface area contributed by atoms with Crippen LogP contribution in [-0.2, 0) is 4.79 Å². The van der Waals surface area contributed by atoms with Gasteiger partial charge in [-0.1, -0.05) is 0 Å². The van der Waals surface area contributed by atoms with Gasteiger partial charge >= 0.3 is 0 Å². The van der Waals surface area contributed by atoms with Gasteiger partial charge in [0, 0.05) is 48.8 Å². The van der Waals surface area contributed by atoms with Crippen molar-refractivity contribution in [3.63, 3.8) is 0 Å². The highest BCUT2D eigenvalue weighted by Crippen LogP contribution is 2.28.